The number of ether oxygens (including phenoxy) is 1. The zero-order valence-corrected chi connectivity index (χ0v) is 15.8. The summed E-state index contributed by atoms with van der Waals surface area (Å²) in [5.74, 6) is -0.241. The summed E-state index contributed by atoms with van der Waals surface area (Å²) in [5.41, 5.74) is 7.77. The van der Waals surface area contributed by atoms with Gasteiger partial charge in [0.15, 0.2) is 5.76 Å². The van der Waals surface area contributed by atoms with E-state index in [1.54, 1.807) is 37.4 Å². The van der Waals surface area contributed by atoms with Crippen LogP contribution in [-0.2, 0) is 0 Å². The highest BCUT2D eigenvalue weighted by Crippen LogP contribution is 2.33. The van der Waals surface area contributed by atoms with Gasteiger partial charge in [-0.1, -0.05) is 18.2 Å². The Morgan fingerprint density at radius 3 is 2.59 bits per heavy atom. The predicted octanol–water partition coefficient (Wildman–Crippen LogP) is 4.36. The summed E-state index contributed by atoms with van der Waals surface area (Å²) in [6.07, 6.45) is 0. The maximum atomic E-state index is 12.8. The third-order valence-corrected chi connectivity index (χ3v) is 4.51. The zero-order chi connectivity index (χ0) is 20.5. The minimum Gasteiger partial charge on any atom is -0.496 e. The number of anilines is 1. The number of furan rings is 2. The van der Waals surface area contributed by atoms with Crippen molar-refractivity contribution in [2.75, 3.05) is 12.4 Å². The number of hydrogen-bond donors (Lipinski definition) is 2. The van der Waals surface area contributed by atoms with Crippen molar-refractivity contribution in [3.63, 3.8) is 0 Å². The summed E-state index contributed by atoms with van der Waals surface area (Å²) in [6, 6.07) is 15.9. The van der Waals surface area contributed by atoms with Gasteiger partial charge in [0.05, 0.1) is 12.7 Å². The number of nitrogens with one attached hydrogen (secondary N) is 1. The first-order valence-corrected chi connectivity index (χ1v) is 8.85. The minimum absolute atomic E-state index is 0.0720. The normalized spacial score (nSPS) is 10.8. The molecule has 0 radical (unpaired) electrons. The largest absolute Gasteiger partial charge is 0.496 e. The molecule has 7 heteroatoms. The van der Waals surface area contributed by atoms with Crippen molar-refractivity contribution in [3.05, 3.63) is 71.7 Å². The lowest BCUT2D eigenvalue weighted by Crippen LogP contribution is -2.16. The quantitative estimate of drug-likeness (QED) is 0.526. The maximum Gasteiger partial charge on any atom is 0.291 e. The molecule has 0 bridgehead atoms. The van der Waals surface area contributed by atoms with Crippen LogP contribution in [-0.4, -0.2) is 18.9 Å². The molecule has 0 spiro atoms. The number of methoxy groups -OCH3 is 1. The van der Waals surface area contributed by atoms with Gasteiger partial charge in [-0.3, -0.25) is 9.59 Å². The van der Waals surface area contributed by atoms with Gasteiger partial charge in [0.2, 0.25) is 5.76 Å². The summed E-state index contributed by atoms with van der Waals surface area (Å²) in [5, 5.41) is 3.26. The van der Waals surface area contributed by atoms with Gasteiger partial charge in [-0.2, -0.15) is 0 Å². The van der Waals surface area contributed by atoms with E-state index in [2.05, 4.69) is 5.32 Å². The Hall–Kier alpha value is -4.00. The Morgan fingerprint density at radius 2 is 1.83 bits per heavy atom. The van der Waals surface area contributed by atoms with Gasteiger partial charge in [0.1, 0.15) is 22.8 Å². The third-order valence-electron chi connectivity index (χ3n) is 4.51. The topological polar surface area (TPSA) is 108 Å². The summed E-state index contributed by atoms with van der Waals surface area (Å²) in [6.45, 7) is 1.90. The summed E-state index contributed by atoms with van der Waals surface area (Å²) >= 11 is 0. The number of carbonyl (C=O) groups is 2. The first-order valence-electron chi connectivity index (χ1n) is 8.85. The smallest absolute Gasteiger partial charge is 0.291 e. The molecule has 2 aromatic carbocycles. The summed E-state index contributed by atoms with van der Waals surface area (Å²) < 4.78 is 16.6. The Bertz CT molecular complexity index is 1240. The van der Waals surface area contributed by atoms with Gasteiger partial charge in [0.25, 0.3) is 11.8 Å². The molecule has 2 heterocycles. The number of hydrogen-bond acceptors (Lipinski definition) is 5. The molecule has 3 N–H and O–H groups in total. The lowest BCUT2D eigenvalue weighted by atomic mass is 10.1. The number of carbonyl (C=O) groups excluding carboxylic acids is 2. The van der Waals surface area contributed by atoms with E-state index in [0.29, 0.717) is 22.5 Å². The van der Waals surface area contributed by atoms with Crippen molar-refractivity contribution in [2.45, 2.75) is 6.92 Å². The van der Waals surface area contributed by atoms with Crippen molar-refractivity contribution in [3.8, 4) is 17.1 Å². The predicted molar refractivity (Wildman–Crippen MR) is 108 cm³/mol. The lowest BCUT2D eigenvalue weighted by molar-refractivity contribution is 0.0977. The number of fused-ring (bicyclic) bond motifs is 1. The Labute approximate surface area is 166 Å². The molecule has 0 saturated carbocycles. The lowest BCUT2D eigenvalue weighted by Gasteiger charge is -2.05. The van der Waals surface area contributed by atoms with Crippen LogP contribution in [0.5, 0.6) is 5.75 Å². The van der Waals surface area contributed by atoms with Crippen LogP contribution >= 0.6 is 0 Å². The van der Waals surface area contributed by atoms with Gasteiger partial charge < -0.3 is 24.6 Å². The zero-order valence-electron chi connectivity index (χ0n) is 15.8. The Balaban J connectivity index is 1.68. The fourth-order valence-corrected chi connectivity index (χ4v) is 3.13. The highest BCUT2D eigenvalue weighted by molar-refractivity contribution is 6.13. The van der Waals surface area contributed by atoms with Gasteiger partial charge >= 0.3 is 0 Å². The SMILES string of the molecule is COc1ccccc1-c1ccc(C(=O)Nc2c(C(N)=O)oc3cc(C)ccc23)o1. The summed E-state index contributed by atoms with van der Waals surface area (Å²) in [7, 11) is 1.56. The van der Waals surface area contributed by atoms with Crippen molar-refractivity contribution < 1.29 is 23.2 Å². The summed E-state index contributed by atoms with van der Waals surface area (Å²) in [4.78, 5) is 24.6. The Kier molecular flexibility index (Phi) is 4.56. The monoisotopic (exact) mass is 390 g/mol. The van der Waals surface area contributed by atoms with Crippen LogP contribution in [0.3, 0.4) is 0 Å². The van der Waals surface area contributed by atoms with Crippen molar-refractivity contribution in [2.24, 2.45) is 5.73 Å². The third kappa shape index (κ3) is 3.34. The molecule has 7 nitrogen and oxygen atoms in total. The number of nitrogens with two attached hydrogens (primary N) is 1. The molecular weight excluding hydrogens is 372 g/mol. The molecule has 2 aromatic heterocycles. The van der Waals surface area contributed by atoms with E-state index in [1.807, 2.05) is 31.2 Å². The molecule has 146 valence electrons. The van der Waals surface area contributed by atoms with Crippen molar-refractivity contribution >= 4 is 28.5 Å². The van der Waals surface area contributed by atoms with Crippen LogP contribution in [0.1, 0.15) is 26.7 Å². The number of rotatable bonds is 5. The van der Waals surface area contributed by atoms with Gasteiger partial charge in [-0.05, 0) is 48.9 Å². The molecule has 4 aromatic rings. The van der Waals surface area contributed by atoms with Crippen LogP contribution in [0.25, 0.3) is 22.3 Å². The second-order valence-electron chi connectivity index (χ2n) is 6.49. The minimum atomic E-state index is -0.775. The molecule has 0 aliphatic carbocycles. The van der Waals surface area contributed by atoms with Crippen molar-refractivity contribution in [1.82, 2.24) is 0 Å². The molecule has 4 rings (SSSR count). The second-order valence-corrected chi connectivity index (χ2v) is 6.49. The number of amides is 2. The van der Waals surface area contributed by atoms with E-state index in [4.69, 9.17) is 19.3 Å². The molecule has 2 amide bonds. The first kappa shape index (κ1) is 18.4. The first-order chi connectivity index (χ1) is 14.0. The van der Waals surface area contributed by atoms with Crippen LogP contribution in [0.15, 0.2) is 63.4 Å². The molecule has 0 aliphatic heterocycles. The molecule has 0 unspecified atom stereocenters. The number of benzene rings is 2. The molecular formula is C22H18N2O5. The molecule has 0 aliphatic rings. The highest BCUT2D eigenvalue weighted by atomic mass is 16.5. The molecule has 29 heavy (non-hydrogen) atoms. The van der Waals surface area contributed by atoms with E-state index >= 15 is 0 Å². The van der Waals surface area contributed by atoms with E-state index in [0.717, 1.165) is 11.1 Å². The molecule has 0 fully saturated rings. The van der Waals surface area contributed by atoms with E-state index in [-0.39, 0.29) is 17.2 Å². The maximum absolute atomic E-state index is 12.8. The van der Waals surface area contributed by atoms with Gasteiger partial charge in [-0.15, -0.1) is 0 Å². The van der Waals surface area contributed by atoms with Crippen LogP contribution in [0.2, 0.25) is 0 Å². The Morgan fingerprint density at radius 1 is 1.03 bits per heavy atom. The van der Waals surface area contributed by atoms with Gasteiger partial charge in [-0.25, -0.2) is 0 Å². The van der Waals surface area contributed by atoms with E-state index in [9.17, 15) is 9.59 Å². The molecule has 0 atom stereocenters. The van der Waals surface area contributed by atoms with E-state index in [1.165, 1.54) is 0 Å². The number of aryl methyl sites for hydroxylation is 1. The average molecular weight is 390 g/mol. The number of para-hydroxylation sites is 1. The second kappa shape index (κ2) is 7.20. The standard InChI is InChI=1S/C22H18N2O5/c1-12-7-8-14-18(11-12)29-20(21(23)25)19(14)24-22(26)17-10-9-16(28-17)13-5-3-4-6-15(13)27-2/h3-11H,1-2H3,(H2,23,25)(H,24,26). The van der Waals surface area contributed by atoms with Crippen LogP contribution < -0.4 is 15.8 Å². The van der Waals surface area contributed by atoms with Gasteiger partial charge in [0, 0.05) is 5.39 Å². The number of primary amides is 1. The fourth-order valence-electron chi connectivity index (χ4n) is 3.13. The van der Waals surface area contributed by atoms with Crippen LogP contribution in [0, 0.1) is 6.92 Å². The average Bonchev–Trinajstić information content (AvgIpc) is 3.33. The van der Waals surface area contributed by atoms with E-state index < -0.39 is 11.8 Å². The highest BCUT2D eigenvalue weighted by Gasteiger charge is 2.22. The van der Waals surface area contributed by atoms with Crippen molar-refractivity contribution in [1.29, 1.82) is 0 Å². The fraction of sp³-hybridized carbons (Fsp3) is 0.0909. The molecule has 0 saturated heterocycles. The van der Waals surface area contributed by atoms with Crippen LogP contribution in [0.4, 0.5) is 5.69 Å².